The van der Waals surface area contributed by atoms with E-state index in [-0.39, 0.29) is 23.1 Å². The van der Waals surface area contributed by atoms with Crippen LogP contribution in [0.25, 0.3) is 5.70 Å². The SMILES string of the molecule is NC(=C=O)c1ccccc1.[C-]#[O+].[C-]#[O+].[C-]#[O+].[C-]#[O+].[Cr]. The molecule has 0 spiro atoms. The van der Waals surface area contributed by atoms with Gasteiger partial charge in [0.15, 0.2) is 5.94 Å². The normalized spacial score (nSPS) is 4.84. The maximum Gasteiger partial charge on any atom is 0 e. The fraction of sp³-hybridized carbons (Fsp3) is 0. The van der Waals surface area contributed by atoms with Crippen molar-refractivity contribution in [1.82, 2.24) is 0 Å². The molecular weight excluding hydrogens is 290 g/mol. The fourth-order valence-electron chi connectivity index (χ4n) is 0.677. The molecule has 1 aromatic carbocycles. The molecule has 1 aromatic rings. The minimum absolute atomic E-state index is 0. The average Bonchev–Trinajstić information content (AvgIpc) is 2.55. The molecule has 96 valence electrons. The number of benzene rings is 1. The number of carbonyl (C=O) groups excluding carboxylic acids is 1. The molecule has 0 saturated heterocycles. The van der Waals surface area contributed by atoms with E-state index in [1.165, 1.54) is 0 Å². The van der Waals surface area contributed by atoms with Crippen LogP contribution in [0.1, 0.15) is 5.56 Å². The molecular formula is C12H7CrNO5. The first kappa shape index (κ1) is 30.2. The van der Waals surface area contributed by atoms with Crippen molar-refractivity contribution in [1.29, 1.82) is 0 Å². The van der Waals surface area contributed by atoms with Gasteiger partial charge in [0.2, 0.25) is 0 Å². The van der Waals surface area contributed by atoms with E-state index in [0.717, 1.165) is 5.56 Å². The van der Waals surface area contributed by atoms with Crippen LogP contribution in [0, 0.1) is 26.6 Å². The van der Waals surface area contributed by atoms with Crippen LogP contribution in [-0.4, -0.2) is 5.94 Å². The molecule has 0 saturated carbocycles. The van der Waals surface area contributed by atoms with Crippen LogP contribution in [-0.2, 0) is 40.8 Å². The third kappa shape index (κ3) is 21.7. The predicted octanol–water partition coefficient (Wildman–Crippen LogP) is 0.665. The molecule has 19 heavy (non-hydrogen) atoms. The first-order valence-electron chi connectivity index (χ1n) is 3.72. The van der Waals surface area contributed by atoms with Crippen molar-refractivity contribution in [2.45, 2.75) is 0 Å². The predicted molar refractivity (Wildman–Crippen MR) is 55.4 cm³/mol. The number of hydrogen-bond acceptors (Lipinski definition) is 2. The molecule has 0 atom stereocenters. The summed E-state index contributed by atoms with van der Waals surface area (Å²) in [5.74, 6) is 1.63. The monoisotopic (exact) mass is 297 g/mol. The standard InChI is InChI=1S/C8H7NO.4CO.Cr/c9-8(6-10)7-4-2-1-3-5-7;4*1-2;/h1-5H,9H2;;;;;. The summed E-state index contributed by atoms with van der Waals surface area (Å²) in [5, 5.41) is 0. The van der Waals surface area contributed by atoms with Gasteiger partial charge in [-0.2, -0.15) is 0 Å². The summed E-state index contributed by atoms with van der Waals surface area (Å²) < 4.78 is 30.0. The Hall–Kier alpha value is -2.04. The average molecular weight is 297 g/mol. The Balaban J connectivity index is -0.0000000628. The molecule has 1 rings (SSSR count). The molecule has 0 aromatic heterocycles. The van der Waals surface area contributed by atoms with Crippen LogP contribution >= 0.6 is 0 Å². The summed E-state index contributed by atoms with van der Waals surface area (Å²) in [7, 11) is 0. The van der Waals surface area contributed by atoms with Gasteiger partial charge in [-0.25, -0.2) is 4.79 Å². The Kier molecular flexibility index (Phi) is 57.2. The molecule has 0 aliphatic heterocycles. The Bertz CT molecular complexity index is 392. The minimum atomic E-state index is 0. The molecule has 6 nitrogen and oxygen atoms in total. The summed E-state index contributed by atoms with van der Waals surface area (Å²) >= 11 is 0. The van der Waals surface area contributed by atoms with Crippen molar-refractivity contribution < 1.29 is 40.8 Å². The second kappa shape index (κ2) is 36.0. The van der Waals surface area contributed by atoms with Crippen LogP contribution in [0.4, 0.5) is 0 Å². The molecule has 0 fully saturated rings. The van der Waals surface area contributed by atoms with Gasteiger partial charge in [-0.3, -0.25) is 0 Å². The van der Waals surface area contributed by atoms with Crippen LogP contribution in [0.15, 0.2) is 30.3 Å². The molecule has 0 bridgehead atoms. The quantitative estimate of drug-likeness (QED) is 0.465. The van der Waals surface area contributed by atoms with Gasteiger partial charge < -0.3 is 5.73 Å². The first-order chi connectivity index (χ1) is 8.84. The zero-order valence-electron chi connectivity index (χ0n) is 9.41. The van der Waals surface area contributed by atoms with Crippen LogP contribution in [0.5, 0.6) is 0 Å². The summed E-state index contributed by atoms with van der Waals surface area (Å²) in [6.45, 7) is 18.0. The number of nitrogens with two attached hydrogens (primary N) is 1. The van der Waals surface area contributed by atoms with Gasteiger partial charge in [0.1, 0.15) is 5.70 Å². The summed E-state index contributed by atoms with van der Waals surface area (Å²) in [6.07, 6.45) is 0. The second-order valence-electron chi connectivity index (χ2n) is 1.88. The molecule has 0 aliphatic carbocycles. The Labute approximate surface area is 121 Å². The maximum absolute atomic E-state index is 10.0. The Morgan fingerprint density at radius 1 is 0.895 bits per heavy atom. The molecule has 0 amide bonds. The zero-order chi connectivity index (χ0) is 15.4. The van der Waals surface area contributed by atoms with Crippen molar-refractivity contribution in [2.24, 2.45) is 5.73 Å². The van der Waals surface area contributed by atoms with Crippen LogP contribution in [0.3, 0.4) is 0 Å². The first-order valence-corrected chi connectivity index (χ1v) is 3.72. The van der Waals surface area contributed by atoms with Gasteiger partial charge in [-0.1, -0.05) is 30.3 Å². The van der Waals surface area contributed by atoms with E-state index in [0.29, 0.717) is 0 Å². The molecule has 0 heterocycles. The van der Waals surface area contributed by atoms with Crippen molar-refractivity contribution in [3.63, 3.8) is 0 Å². The Morgan fingerprint density at radius 2 is 1.21 bits per heavy atom. The summed E-state index contributed by atoms with van der Waals surface area (Å²) in [6, 6.07) is 9.03. The summed E-state index contributed by atoms with van der Waals surface area (Å²) in [4.78, 5) is 10.0. The van der Waals surface area contributed by atoms with Crippen molar-refractivity contribution in [3.05, 3.63) is 62.5 Å². The van der Waals surface area contributed by atoms with E-state index >= 15 is 0 Å². The van der Waals surface area contributed by atoms with Gasteiger partial charge in [0, 0.05) is 22.9 Å². The molecule has 0 aliphatic rings. The summed E-state index contributed by atoms with van der Waals surface area (Å²) in [5.41, 5.74) is 6.16. The van der Waals surface area contributed by atoms with Crippen LogP contribution in [0.2, 0.25) is 0 Å². The van der Waals surface area contributed by atoms with E-state index in [9.17, 15) is 4.79 Å². The smallest absolute Gasteiger partial charge is 0 e. The van der Waals surface area contributed by atoms with E-state index < -0.39 is 0 Å². The van der Waals surface area contributed by atoms with Gasteiger partial charge in [-0.05, 0) is 0 Å². The third-order valence-electron chi connectivity index (χ3n) is 1.19. The number of hydrogen-bond donors (Lipinski definition) is 1. The largest absolute Gasteiger partial charge is 0 e. The molecule has 2 N–H and O–H groups in total. The van der Waals surface area contributed by atoms with E-state index in [4.69, 9.17) is 24.3 Å². The maximum atomic E-state index is 10.0. The van der Waals surface area contributed by atoms with E-state index in [2.05, 4.69) is 26.6 Å². The minimum Gasteiger partial charge on any atom is 0 e. The van der Waals surface area contributed by atoms with Crippen molar-refractivity contribution in [3.8, 4) is 0 Å². The molecule has 0 unspecified atom stereocenters. The van der Waals surface area contributed by atoms with Gasteiger partial charge >= 0.3 is 45.2 Å². The Morgan fingerprint density at radius 3 is 1.47 bits per heavy atom. The van der Waals surface area contributed by atoms with Gasteiger partial charge in [-0.15, -0.1) is 0 Å². The second-order valence-corrected chi connectivity index (χ2v) is 1.88. The fourth-order valence-corrected chi connectivity index (χ4v) is 0.677. The van der Waals surface area contributed by atoms with E-state index in [1.54, 1.807) is 18.1 Å². The van der Waals surface area contributed by atoms with Gasteiger partial charge in [0.25, 0.3) is 0 Å². The molecule has 7 heteroatoms. The van der Waals surface area contributed by atoms with Crippen molar-refractivity contribution in [2.75, 3.05) is 0 Å². The van der Waals surface area contributed by atoms with Crippen molar-refractivity contribution >= 4 is 11.6 Å². The zero-order valence-corrected chi connectivity index (χ0v) is 10.7. The van der Waals surface area contributed by atoms with Crippen LogP contribution < -0.4 is 5.73 Å². The third-order valence-corrected chi connectivity index (χ3v) is 1.19. The van der Waals surface area contributed by atoms with Gasteiger partial charge in [0.05, 0.1) is 0 Å². The topological polar surface area (TPSA) is 123 Å². The van der Waals surface area contributed by atoms with E-state index in [1.807, 2.05) is 18.2 Å². The number of rotatable bonds is 1. The molecule has 0 radical (unpaired) electrons.